The third kappa shape index (κ3) is 5.10. The van der Waals surface area contributed by atoms with Crippen LogP contribution in [0, 0.1) is 6.92 Å². The van der Waals surface area contributed by atoms with Gasteiger partial charge in [-0.15, -0.1) is 20.4 Å². The molecule has 0 radical (unpaired) electrons. The Balaban J connectivity index is 1.41. The van der Waals surface area contributed by atoms with E-state index in [4.69, 9.17) is 0 Å². The Morgan fingerprint density at radius 1 is 1.23 bits per heavy atom. The molecular weight excluding hydrogens is 424 g/mol. The molecule has 2 aromatic heterocycles. The summed E-state index contributed by atoms with van der Waals surface area (Å²) in [6.45, 7) is 2.67. The van der Waals surface area contributed by atoms with Gasteiger partial charge in [0, 0.05) is 30.1 Å². The first-order chi connectivity index (χ1) is 14.9. The lowest BCUT2D eigenvalue weighted by molar-refractivity contribution is 0.0628. The van der Waals surface area contributed by atoms with Crippen molar-refractivity contribution in [3.63, 3.8) is 0 Å². The summed E-state index contributed by atoms with van der Waals surface area (Å²) >= 11 is 1.51. The third-order valence-electron chi connectivity index (χ3n) is 5.39. The molecule has 3 aromatic rings. The van der Waals surface area contributed by atoms with Gasteiger partial charge in [-0.1, -0.05) is 11.3 Å². The van der Waals surface area contributed by atoms with E-state index in [-0.39, 0.29) is 18.6 Å². The van der Waals surface area contributed by atoms with Crippen molar-refractivity contribution in [2.45, 2.75) is 32.2 Å². The van der Waals surface area contributed by atoms with Gasteiger partial charge in [-0.3, -0.25) is 10.2 Å². The minimum Gasteiger partial charge on any atom is -0.324 e. The third-order valence-corrected chi connectivity index (χ3v) is 6.28. The molecule has 0 bridgehead atoms. The number of hydrogen-bond acceptors (Lipinski definition) is 7. The smallest absolute Gasteiger partial charge is 0.323 e. The van der Waals surface area contributed by atoms with Gasteiger partial charge in [-0.25, -0.2) is 13.6 Å². The highest BCUT2D eigenvalue weighted by Gasteiger charge is 2.26. The zero-order valence-corrected chi connectivity index (χ0v) is 18.1. The largest absolute Gasteiger partial charge is 0.324 e. The Labute approximate surface area is 182 Å². The maximum atomic E-state index is 12.6. The highest BCUT2D eigenvalue weighted by molar-refractivity contribution is 7.14. The quantitative estimate of drug-likeness (QED) is 0.643. The number of rotatable bonds is 5. The number of aromatic nitrogens is 4. The Morgan fingerprint density at radius 2 is 2.00 bits per heavy atom. The zero-order valence-electron chi connectivity index (χ0n) is 17.3. The van der Waals surface area contributed by atoms with E-state index in [0.717, 1.165) is 21.0 Å². The molecule has 1 aliphatic rings. The number of anilines is 1. The molecule has 0 spiro atoms. The van der Waals surface area contributed by atoms with E-state index in [1.807, 2.05) is 25.1 Å². The summed E-state index contributed by atoms with van der Waals surface area (Å²) in [4.78, 5) is 16.0. The first-order valence-corrected chi connectivity index (χ1v) is 10.8. The van der Waals surface area contributed by atoms with E-state index < -0.39 is 6.43 Å². The SMILES string of the molecule is Cc1nnc(-c2ccc3nnc(NC(=O)N4CCC(N(C)CC(F)F)CC4)cc3c2)s1. The Hall–Kier alpha value is -2.79. The molecule has 0 atom stereocenters. The molecule has 31 heavy (non-hydrogen) atoms. The van der Waals surface area contributed by atoms with Crippen molar-refractivity contribution in [3.05, 3.63) is 29.3 Å². The summed E-state index contributed by atoms with van der Waals surface area (Å²) in [6.07, 6.45) is -1.04. The van der Waals surface area contributed by atoms with E-state index in [1.54, 1.807) is 22.9 Å². The maximum absolute atomic E-state index is 12.6. The number of benzene rings is 1. The maximum Gasteiger partial charge on any atom is 0.323 e. The summed E-state index contributed by atoms with van der Waals surface area (Å²) in [6, 6.07) is 7.30. The predicted octanol–water partition coefficient (Wildman–Crippen LogP) is 3.65. The molecule has 0 saturated carbocycles. The predicted molar refractivity (Wildman–Crippen MR) is 115 cm³/mol. The highest BCUT2D eigenvalue weighted by atomic mass is 32.1. The minimum atomic E-state index is -2.35. The lowest BCUT2D eigenvalue weighted by Crippen LogP contribution is -2.47. The number of amides is 2. The Bertz CT molecular complexity index is 1070. The molecule has 1 N–H and O–H groups in total. The topological polar surface area (TPSA) is 87.1 Å². The van der Waals surface area contributed by atoms with Crippen molar-refractivity contribution in [2.75, 3.05) is 32.0 Å². The normalized spacial score (nSPS) is 15.2. The number of piperidine rings is 1. The van der Waals surface area contributed by atoms with Crippen LogP contribution in [-0.2, 0) is 0 Å². The van der Waals surface area contributed by atoms with Crippen LogP contribution in [0.3, 0.4) is 0 Å². The van der Waals surface area contributed by atoms with Crippen molar-refractivity contribution in [3.8, 4) is 10.6 Å². The number of hydrogen-bond donors (Lipinski definition) is 1. The van der Waals surface area contributed by atoms with Crippen molar-refractivity contribution in [1.82, 2.24) is 30.2 Å². The van der Waals surface area contributed by atoms with Crippen molar-refractivity contribution < 1.29 is 13.6 Å². The summed E-state index contributed by atoms with van der Waals surface area (Å²) in [5.41, 5.74) is 1.64. The zero-order chi connectivity index (χ0) is 22.0. The second kappa shape index (κ2) is 9.15. The second-order valence-electron chi connectivity index (χ2n) is 7.61. The molecule has 1 aliphatic heterocycles. The fourth-order valence-corrected chi connectivity index (χ4v) is 4.41. The summed E-state index contributed by atoms with van der Waals surface area (Å²) in [5.74, 6) is 0.361. The fraction of sp³-hybridized carbons (Fsp3) is 0.450. The molecule has 1 saturated heterocycles. The number of carbonyl (C=O) groups excluding carboxylic acids is 1. The molecule has 3 heterocycles. The number of nitrogens with zero attached hydrogens (tertiary/aromatic N) is 6. The molecule has 1 fully saturated rings. The van der Waals surface area contributed by atoms with Gasteiger partial charge >= 0.3 is 6.03 Å². The molecule has 0 aliphatic carbocycles. The van der Waals surface area contributed by atoms with Gasteiger partial charge < -0.3 is 4.90 Å². The molecule has 8 nitrogen and oxygen atoms in total. The van der Waals surface area contributed by atoms with Crippen LogP contribution in [0.5, 0.6) is 0 Å². The fourth-order valence-electron chi connectivity index (χ4n) is 3.72. The van der Waals surface area contributed by atoms with Crippen molar-refractivity contribution in [1.29, 1.82) is 0 Å². The van der Waals surface area contributed by atoms with E-state index in [0.29, 0.717) is 37.3 Å². The molecule has 0 unspecified atom stereocenters. The molecule has 4 rings (SSSR count). The van der Waals surface area contributed by atoms with Gasteiger partial charge in [-0.05, 0) is 51.1 Å². The Morgan fingerprint density at radius 3 is 2.68 bits per heavy atom. The van der Waals surface area contributed by atoms with E-state index in [1.165, 1.54) is 11.3 Å². The van der Waals surface area contributed by atoms with Crippen molar-refractivity contribution >= 4 is 34.1 Å². The average Bonchev–Trinajstić information content (AvgIpc) is 3.19. The van der Waals surface area contributed by atoms with Gasteiger partial charge in [0.05, 0.1) is 12.1 Å². The van der Waals surface area contributed by atoms with Crippen LogP contribution in [0.25, 0.3) is 21.5 Å². The van der Waals surface area contributed by atoms with E-state index in [2.05, 4.69) is 25.7 Å². The molecule has 2 amide bonds. The van der Waals surface area contributed by atoms with Crippen LogP contribution >= 0.6 is 11.3 Å². The lowest BCUT2D eigenvalue weighted by Gasteiger charge is -2.36. The summed E-state index contributed by atoms with van der Waals surface area (Å²) in [5, 5.41) is 21.9. The van der Waals surface area contributed by atoms with Crippen LogP contribution in [0.1, 0.15) is 17.8 Å². The number of fused-ring (bicyclic) bond motifs is 1. The average molecular weight is 448 g/mol. The second-order valence-corrected chi connectivity index (χ2v) is 8.79. The molecule has 1 aromatic carbocycles. The number of nitrogens with one attached hydrogen (secondary N) is 1. The molecular formula is C20H23F2N7OS. The number of carbonyl (C=O) groups is 1. The van der Waals surface area contributed by atoms with Gasteiger partial charge in [0.2, 0.25) is 0 Å². The van der Waals surface area contributed by atoms with Crippen LogP contribution in [0.2, 0.25) is 0 Å². The highest BCUT2D eigenvalue weighted by Crippen LogP contribution is 2.27. The van der Waals surface area contributed by atoms with Crippen molar-refractivity contribution in [2.24, 2.45) is 0 Å². The molecule has 164 valence electrons. The van der Waals surface area contributed by atoms with Crippen LogP contribution in [0.15, 0.2) is 24.3 Å². The number of aryl methyl sites for hydroxylation is 1. The van der Waals surface area contributed by atoms with Crippen LogP contribution in [-0.4, -0.2) is 75.4 Å². The number of alkyl halides is 2. The van der Waals surface area contributed by atoms with E-state index >= 15 is 0 Å². The summed E-state index contributed by atoms with van der Waals surface area (Å²) < 4.78 is 25.2. The van der Waals surface area contributed by atoms with Gasteiger partial charge in [0.25, 0.3) is 6.43 Å². The first kappa shape index (κ1) is 21.4. The first-order valence-electron chi connectivity index (χ1n) is 10.0. The lowest BCUT2D eigenvalue weighted by atomic mass is 10.0. The molecule has 11 heteroatoms. The number of urea groups is 1. The van der Waals surface area contributed by atoms with Gasteiger partial charge in [-0.2, -0.15) is 0 Å². The number of likely N-dealkylation sites (tertiary alicyclic amines) is 1. The monoisotopic (exact) mass is 447 g/mol. The standard InChI is InChI=1S/C20H23F2N7OS/c1-12-24-27-19(31-12)13-3-4-16-14(9-13)10-18(26-25-16)23-20(30)29-7-5-15(6-8-29)28(2)11-17(21)22/h3-4,9-10,15,17H,5-8,11H2,1-2H3,(H,23,26,30). The van der Waals surface area contributed by atoms with Gasteiger partial charge in [0.15, 0.2) is 5.82 Å². The van der Waals surface area contributed by atoms with Crippen LogP contribution in [0.4, 0.5) is 19.4 Å². The van der Waals surface area contributed by atoms with E-state index in [9.17, 15) is 13.6 Å². The van der Waals surface area contributed by atoms with Gasteiger partial charge in [0.1, 0.15) is 10.0 Å². The number of halogens is 2. The minimum absolute atomic E-state index is 0.0564. The Kier molecular flexibility index (Phi) is 6.33. The summed E-state index contributed by atoms with van der Waals surface area (Å²) in [7, 11) is 1.70. The van der Waals surface area contributed by atoms with Crippen LogP contribution < -0.4 is 5.32 Å².